The maximum atomic E-state index is 12.3. The molecule has 1 aliphatic heterocycles. The van der Waals surface area contributed by atoms with Gasteiger partial charge in [-0.2, -0.15) is 0 Å². The van der Waals surface area contributed by atoms with Crippen molar-refractivity contribution in [3.63, 3.8) is 0 Å². The second-order valence-electron chi connectivity index (χ2n) is 5.66. The second kappa shape index (κ2) is 8.87. The van der Waals surface area contributed by atoms with E-state index in [2.05, 4.69) is 26.1 Å². The maximum Gasteiger partial charge on any atom is 0.261 e. The summed E-state index contributed by atoms with van der Waals surface area (Å²) in [5.74, 6) is 0.463. The van der Waals surface area contributed by atoms with Gasteiger partial charge in [-0.05, 0) is 48.0 Å². The van der Waals surface area contributed by atoms with Gasteiger partial charge in [0.05, 0.1) is 17.7 Å². The molecule has 2 unspecified atom stereocenters. The number of nitrogens with one attached hydrogen (secondary N) is 1. The minimum absolute atomic E-state index is 0.0558. The highest BCUT2D eigenvalue weighted by molar-refractivity contribution is 9.10. The summed E-state index contributed by atoms with van der Waals surface area (Å²) in [7, 11) is 0. The van der Waals surface area contributed by atoms with Gasteiger partial charge < -0.3 is 14.8 Å². The van der Waals surface area contributed by atoms with Gasteiger partial charge in [0.2, 0.25) is 0 Å². The molecule has 1 fully saturated rings. The minimum atomic E-state index is -0.584. The molecule has 0 spiro atoms. The lowest BCUT2D eigenvalue weighted by atomic mass is 10.2. The molecule has 0 bridgehead atoms. The summed E-state index contributed by atoms with van der Waals surface area (Å²) >= 11 is 9.28. The summed E-state index contributed by atoms with van der Waals surface area (Å²) < 4.78 is 11.8. The van der Waals surface area contributed by atoms with Crippen LogP contribution in [0.3, 0.4) is 0 Å². The largest absolute Gasteiger partial charge is 0.480 e. The van der Waals surface area contributed by atoms with Crippen molar-refractivity contribution in [2.75, 3.05) is 32.8 Å². The van der Waals surface area contributed by atoms with Crippen molar-refractivity contribution in [3.8, 4) is 5.75 Å². The van der Waals surface area contributed by atoms with Crippen molar-refractivity contribution in [2.24, 2.45) is 0 Å². The first-order valence-electron chi connectivity index (χ1n) is 7.68. The van der Waals surface area contributed by atoms with Crippen molar-refractivity contribution >= 4 is 33.4 Å². The number of rotatable bonds is 6. The summed E-state index contributed by atoms with van der Waals surface area (Å²) in [5.41, 5.74) is 0. The highest BCUT2D eigenvalue weighted by Gasteiger charge is 2.20. The number of nitrogens with zero attached hydrogens (tertiary/aromatic N) is 1. The first-order chi connectivity index (χ1) is 11.0. The third-order valence-electron chi connectivity index (χ3n) is 3.59. The van der Waals surface area contributed by atoms with E-state index in [1.807, 2.05) is 6.92 Å². The van der Waals surface area contributed by atoms with E-state index in [1.165, 1.54) is 0 Å². The predicted octanol–water partition coefficient (Wildman–Crippen LogP) is 2.71. The molecule has 5 nitrogen and oxygen atoms in total. The molecule has 0 aliphatic carbocycles. The van der Waals surface area contributed by atoms with E-state index < -0.39 is 6.10 Å². The smallest absolute Gasteiger partial charge is 0.261 e. The molecule has 23 heavy (non-hydrogen) atoms. The van der Waals surface area contributed by atoms with Crippen LogP contribution in [-0.4, -0.2) is 55.8 Å². The zero-order valence-corrected chi connectivity index (χ0v) is 15.7. The van der Waals surface area contributed by atoms with E-state index in [1.54, 1.807) is 25.1 Å². The molecule has 128 valence electrons. The fourth-order valence-corrected chi connectivity index (χ4v) is 3.17. The summed E-state index contributed by atoms with van der Waals surface area (Å²) in [6, 6.07) is 5.27. The average Bonchev–Trinajstić information content (AvgIpc) is 2.50. The summed E-state index contributed by atoms with van der Waals surface area (Å²) in [6.07, 6.45) is -0.584. The number of benzene rings is 1. The zero-order chi connectivity index (χ0) is 16.8. The van der Waals surface area contributed by atoms with E-state index in [-0.39, 0.29) is 11.9 Å². The number of amides is 1. The molecule has 1 amide bonds. The number of carbonyl (C=O) groups is 1. The lowest BCUT2D eigenvalue weighted by Gasteiger charge is -2.29. The quantitative estimate of drug-likeness (QED) is 0.790. The second-order valence-corrected chi connectivity index (χ2v) is 6.95. The first-order valence-corrected chi connectivity index (χ1v) is 8.85. The van der Waals surface area contributed by atoms with Gasteiger partial charge in [-0.25, -0.2) is 0 Å². The van der Waals surface area contributed by atoms with Crippen LogP contribution in [0.15, 0.2) is 22.7 Å². The number of hydrogen-bond donors (Lipinski definition) is 1. The van der Waals surface area contributed by atoms with Crippen LogP contribution in [0, 0.1) is 0 Å². The van der Waals surface area contributed by atoms with E-state index in [9.17, 15) is 4.79 Å². The van der Waals surface area contributed by atoms with Crippen molar-refractivity contribution in [1.82, 2.24) is 10.2 Å². The fraction of sp³-hybridized carbons (Fsp3) is 0.562. The third kappa shape index (κ3) is 5.95. The molecule has 2 rings (SSSR count). The molecule has 1 heterocycles. The lowest BCUT2D eigenvalue weighted by molar-refractivity contribution is -0.128. The van der Waals surface area contributed by atoms with Crippen molar-refractivity contribution < 1.29 is 14.3 Å². The summed E-state index contributed by atoms with van der Waals surface area (Å²) in [5, 5.41) is 3.60. The molecule has 1 saturated heterocycles. The van der Waals surface area contributed by atoms with Gasteiger partial charge in [0.15, 0.2) is 6.10 Å². The summed E-state index contributed by atoms with van der Waals surface area (Å²) in [6.45, 7) is 7.87. The van der Waals surface area contributed by atoms with Crippen LogP contribution in [0.4, 0.5) is 0 Å². The van der Waals surface area contributed by atoms with Gasteiger partial charge in [-0.3, -0.25) is 9.69 Å². The Balaban J connectivity index is 1.81. The van der Waals surface area contributed by atoms with Gasteiger partial charge in [-0.1, -0.05) is 11.6 Å². The topological polar surface area (TPSA) is 50.8 Å². The summed E-state index contributed by atoms with van der Waals surface area (Å²) in [4.78, 5) is 14.5. The molecule has 0 radical (unpaired) electrons. The van der Waals surface area contributed by atoms with Gasteiger partial charge in [0.25, 0.3) is 5.91 Å². The Morgan fingerprint density at radius 1 is 1.43 bits per heavy atom. The van der Waals surface area contributed by atoms with E-state index in [4.69, 9.17) is 21.1 Å². The Morgan fingerprint density at radius 3 is 2.78 bits per heavy atom. The lowest BCUT2D eigenvalue weighted by Crippen LogP contribution is -2.48. The Morgan fingerprint density at radius 2 is 2.13 bits per heavy atom. The predicted molar refractivity (Wildman–Crippen MR) is 94.1 cm³/mol. The molecule has 1 aromatic rings. The fourth-order valence-electron chi connectivity index (χ4n) is 2.39. The van der Waals surface area contributed by atoms with Gasteiger partial charge >= 0.3 is 0 Å². The minimum Gasteiger partial charge on any atom is -0.480 e. The molecule has 0 saturated carbocycles. The Bertz CT molecular complexity index is 538. The van der Waals surface area contributed by atoms with Crippen LogP contribution in [0.5, 0.6) is 5.75 Å². The molecular formula is C16H22BrClN2O3. The van der Waals surface area contributed by atoms with Crippen molar-refractivity contribution in [2.45, 2.75) is 26.0 Å². The van der Waals surface area contributed by atoms with Crippen LogP contribution in [0.2, 0.25) is 5.02 Å². The van der Waals surface area contributed by atoms with Gasteiger partial charge in [0, 0.05) is 30.7 Å². The standard InChI is InChI=1S/C16H22BrClN2O3/c1-11(10-20-5-7-22-8-6-20)19-16(21)12(2)23-15-4-3-13(18)9-14(15)17/h3-4,9,11-12H,5-8,10H2,1-2H3,(H,19,21). The van der Waals surface area contributed by atoms with Crippen LogP contribution < -0.4 is 10.1 Å². The Kier molecular flexibility index (Phi) is 7.14. The number of hydrogen-bond acceptors (Lipinski definition) is 4. The molecule has 0 aromatic heterocycles. The number of morpholine rings is 1. The maximum absolute atomic E-state index is 12.3. The van der Waals surface area contributed by atoms with E-state index in [0.29, 0.717) is 10.8 Å². The monoisotopic (exact) mass is 404 g/mol. The van der Waals surface area contributed by atoms with Crippen molar-refractivity contribution in [1.29, 1.82) is 0 Å². The average molecular weight is 406 g/mol. The van der Waals surface area contributed by atoms with Crippen LogP contribution in [-0.2, 0) is 9.53 Å². The molecule has 1 aliphatic rings. The first kappa shape index (κ1) is 18.5. The molecule has 2 atom stereocenters. The van der Waals surface area contributed by atoms with Crippen LogP contribution in [0.1, 0.15) is 13.8 Å². The SMILES string of the molecule is CC(CN1CCOCC1)NC(=O)C(C)Oc1ccc(Cl)cc1Br. The third-order valence-corrected chi connectivity index (χ3v) is 4.45. The zero-order valence-electron chi connectivity index (χ0n) is 13.4. The van der Waals surface area contributed by atoms with Crippen LogP contribution >= 0.6 is 27.5 Å². The molecule has 1 N–H and O–H groups in total. The molecular weight excluding hydrogens is 384 g/mol. The van der Waals surface area contributed by atoms with Crippen molar-refractivity contribution in [3.05, 3.63) is 27.7 Å². The van der Waals surface area contributed by atoms with Crippen LogP contribution in [0.25, 0.3) is 0 Å². The van der Waals surface area contributed by atoms with E-state index >= 15 is 0 Å². The van der Waals surface area contributed by atoms with Gasteiger partial charge in [-0.15, -0.1) is 0 Å². The number of ether oxygens (including phenoxy) is 2. The Hall–Kier alpha value is -0.820. The molecule has 1 aromatic carbocycles. The normalized spacial score (nSPS) is 18.3. The van der Waals surface area contributed by atoms with Gasteiger partial charge in [0.1, 0.15) is 5.75 Å². The highest BCUT2D eigenvalue weighted by Crippen LogP contribution is 2.28. The number of halogens is 2. The highest BCUT2D eigenvalue weighted by atomic mass is 79.9. The Labute approximate surface area is 150 Å². The van der Waals surface area contributed by atoms with E-state index in [0.717, 1.165) is 37.3 Å². The number of carbonyl (C=O) groups excluding carboxylic acids is 1. The molecule has 7 heteroatoms.